The molecule has 2 aliphatic heterocycles. The molecule has 8 nitrogen and oxygen atoms in total. The molecule has 0 aliphatic carbocycles. The molecule has 160 valence electrons. The van der Waals surface area contributed by atoms with Crippen molar-refractivity contribution in [2.45, 2.75) is 12.1 Å². The smallest absolute Gasteiger partial charge is 0.271 e. The number of nitrogens with zero attached hydrogens (tertiary/aromatic N) is 3. The van der Waals surface area contributed by atoms with Crippen LogP contribution < -0.4 is 9.96 Å². The molecule has 9 heteroatoms. The van der Waals surface area contributed by atoms with Crippen LogP contribution in [0.4, 0.5) is 17.1 Å². The lowest BCUT2D eigenvalue weighted by Gasteiger charge is -2.29. The molecule has 2 saturated heterocycles. The van der Waals surface area contributed by atoms with Gasteiger partial charge >= 0.3 is 0 Å². The van der Waals surface area contributed by atoms with E-state index in [-0.39, 0.29) is 5.69 Å². The number of benzene rings is 3. The van der Waals surface area contributed by atoms with Crippen LogP contribution in [-0.4, -0.2) is 22.8 Å². The lowest BCUT2D eigenvalue weighted by molar-refractivity contribution is -0.384. The van der Waals surface area contributed by atoms with Gasteiger partial charge in [0.2, 0.25) is 5.91 Å². The van der Waals surface area contributed by atoms with Crippen LogP contribution >= 0.6 is 11.6 Å². The molecule has 3 atom stereocenters. The van der Waals surface area contributed by atoms with Crippen molar-refractivity contribution in [3.63, 3.8) is 0 Å². The van der Waals surface area contributed by atoms with Crippen molar-refractivity contribution in [1.82, 2.24) is 0 Å². The third-order valence-corrected chi connectivity index (χ3v) is 5.99. The number of hydrogen-bond donors (Lipinski definition) is 0. The van der Waals surface area contributed by atoms with Crippen LogP contribution in [0.15, 0.2) is 78.9 Å². The number of amides is 2. The van der Waals surface area contributed by atoms with Gasteiger partial charge in [0.1, 0.15) is 5.92 Å². The van der Waals surface area contributed by atoms with Gasteiger partial charge in [-0.1, -0.05) is 54.1 Å². The Morgan fingerprint density at radius 2 is 1.56 bits per heavy atom. The summed E-state index contributed by atoms with van der Waals surface area (Å²) >= 11 is 6.47. The van der Waals surface area contributed by atoms with Crippen molar-refractivity contribution in [3.8, 4) is 0 Å². The van der Waals surface area contributed by atoms with Gasteiger partial charge in [0.05, 0.1) is 22.3 Å². The maximum absolute atomic E-state index is 13.5. The fourth-order valence-corrected chi connectivity index (χ4v) is 4.49. The number of hydrogen-bond acceptors (Lipinski definition) is 6. The molecule has 2 aliphatic rings. The quantitative estimate of drug-likeness (QED) is 0.335. The average molecular weight is 450 g/mol. The van der Waals surface area contributed by atoms with E-state index in [1.54, 1.807) is 60.7 Å². The van der Waals surface area contributed by atoms with Gasteiger partial charge < -0.3 is 0 Å². The molecule has 5 rings (SSSR count). The van der Waals surface area contributed by atoms with Crippen LogP contribution in [-0.2, 0) is 14.4 Å². The predicted molar refractivity (Wildman–Crippen MR) is 117 cm³/mol. The average Bonchev–Trinajstić information content (AvgIpc) is 3.31. The highest BCUT2D eigenvalue weighted by atomic mass is 35.5. The van der Waals surface area contributed by atoms with Crippen molar-refractivity contribution in [2.24, 2.45) is 5.92 Å². The van der Waals surface area contributed by atoms with E-state index in [2.05, 4.69) is 0 Å². The van der Waals surface area contributed by atoms with Crippen molar-refractivity contribution in [3.05, 3.63) is 99.6 Å². The van der Waals surface area contributed by atoms with Gasteiger partial charge in [0, 0.05) is 17.2 Å². The summed E-state index contributed by atoms with van der Waals surface area (Å²) in [4.78, 5) is 44.6. The lowest BCUT2D eigenvalue weighted by Crippen LogP contribution is -2.37. The number of carbonyl (C=O) groups excluding carboxylic acids is 2. The fraction of sp³-hybridized carbons (Fsp3) is 0.130. The van der Waals surface area contributed by atoms with E-state index in [1.807, 2.05) is 0 Å². The summed E-state index contributed by atoms with van der Waals surface area (Å²) < 4.78 is 0. The molecule has 2 heterocycles. The number of rotatable bonds is 4. The first-order valence-electron chi connectivity index (χ1n) is 9.85. The summed E-state index contributed by atoms with van der Waals surface area (Å²) in [5.41, 5.74) is 1.26. The van der Waals surface area contributed by atoms with Crippen LogP contribution in [0.1, 0.15) is 11.6 Å². The van der Waals surface area contributed by atoms with Gasteiger partial charge in [-0.2, -0.15) is 0 Å². The Hall–Kier alpha value is -3.75. The zero-order chi connectivity index (χ0) is 22.4. The van der Waals surface area contributed by atoms with Crippen LogP contribution in [0.3, 0.4) is 0 Å². The zero-order valence-corrected chi connectivity index (χ0v) is 17.3. The van der Waals surface area contributed by atoms with Gasteiger partial charge in [0.25, 0.3) is 11.6 Å². The molecule has 0 N–H and O–H groups in total. The van der Waals surface area contributed by atoms with E-state index in [9.17, 15) is 19.7 Å². The number of nitro groups is 1. The lowest BCUT2D eigenvalue weighted by atomic mass is 9.90. The van der Waals surface area contributed by atoms with Gasteiger partial charge in [-0.25, -0.2) is 9.96 Å². The summed E-state index contributed by atoms with van der Waals surface area (Å²) in [6.45, 7) is 0. The minimum atomic E-state index is -1.08. The maximum atomic E-state index is 13.5. The molecule has 0 radical (unpaired) electrons. The molecule has 0 spiro atoms. The zero-order valence-electron chi connectivity index (χ0n) is 16.5. The molecule has 3 aromatic carbocycles. The summed E-state index contributed by atoms with van der Waals surface area (Å²) in [7, 11) is 0. The second-order valence-electron chi connectivity index (χ2n) is 7.47. The van der Waals surface area contributed by atoms with Gasteiger partial charge in [-0.15, -0.1) is 0 Å². The molecule has 0 unspecified atom stereocenters. The number of anilines is 2. The Balaban J connectivity index is 1.62. The van der Waals surface area contributed by atoms with E-state index in [1.165, 1.54) is 23.3 Å². The third-order valence-electron chi connectivity index (χ3n) is 5.65. The highest BCUT2D eigenvalue weighted by Crippen LogP contribution is 2.49. The highest BCUT2D eigenvalue weighted by molar-refractivity contribution is 6.31. The van der Waals surface area contributed by atoms with Gasteiger partial charge in [-0.05, 0) is 29.8 Å². The maximum Gasteiger partial charge on any atom is 0.271 e. The number of hydroxylamine groups is 1. The topological polar surface area (TPSA) is 93.0 Å². The molecule has 0 aromatic heterocycles. The molecule has 32 heavy (non-hydrogen) atoms. The third kappa shape index (κ3) is 3.12. The number of carbonyl (C=O) groups is 2. The molecular formula is C23H16ClN3O5. The monoisotopic (exact) mass is 449 g/mol. The summed E-state index contributed by atoms with van der Waals surface area (Å²) in [6.07, 6.45) is -1.08. The van der Waals surface area contributed by atoms with Crippen LogP contribution in [0.5, 0.6) is 0 Å². The Kier molecular flexibility index (Phi) is 4.88. The number of non-ortho nitro benzene ring substituents is 1. The second kappa shape index (κ2) is 7.74. The minimum Gasteiger partial charge on any atom is -0.273 e. The molecule has 2 amide bonds. The number of fused-ring (bicyclic) bond motifs is 1. The van der Waals surface area contributed by atoms with Gasteiger partial charge in [-0.3, -0.25) is 24.5 Å². The van der Waals surface area contributed by atoms with E-state index in [0.717, 1.165) is 4.90 Å². The van der Waals surface area contributed by atoms with E-state index in [4.69, 9.17) is 16.4 Å². The normalized spacial score (nSPS) is 22.3. The molecule has 3 aromatic rings. The van der Waals surface area contributed by atoms with Crippen LogP contribution in [0, 0.1) is 16.0 Å². The Morgan fingerprint density at radius 1 is 0.875 bits per heavy atom. The SMILES string of the molecule is O=C1[C@@H]2[C@H](ON(c3cccc([N+](=O)[O-])c3)[C@@H]2c2ccccc2Cl)C(=O)N1c1ccccc1. The molecule has 2 fully saturated rings. The van der Waals surface area contributed by atoms with Crippen LogP contribution in [0.2, 0.25) is 5.02 Å². The summed E-state index contributed by atoms with van der Waals surface area (Å²) in [5.74, 6) is -1.78. The molecular weight excluding hydrogens is 434 g/mol. The predicted octanol–water partition coefficient (Wildman–Crippen LogP) is 4.30. The van der Waals surface area contributed by atoms with E-state index >= 15 is 0 Å². The van der Waals surface area contributed by atoms with Crippen molar-refractivity contribution in [2.75, 3.05) is 9.96 Å². The van der Waals surface area contributed by atoms with E-state index < -0.39 is 34.8 Å². The fourth-order valence-electron chi connectivity index (χ4n) is 4.24. The van der Waals surface area contributed by atoms with Crippen molar-refractivity contribution < 1.29 is 19.3 Å². The first kappa shape index (κ1) is 20.2. The Labute approximate surface area is 187 Å². The Morgan fingerprint density at radius 3 is 2.28 bits per heavy atom. The number of imide groups is 1. The van der Waals surface area contributed by atoms with Crippen LogP contribution in [0.25, 0.3) is 0 Å². The number of halogens is 1. The van der Waals surface area contributed by atoms with Gasteiger partial charge in [0.15, 0.2) is 6.10 Å². The molecule has 0 bridgehead atoms. The standard InChI is InChI=1S/C23H16ClN3O5/c24-18-12-5-4-11-17(18)20-19-21(23(29)25(22(19)28)14-7-2-1-3-8-14)32-26(20)15-9-6-10-16(13-15)27(30)31/h1-13,19-21H/t19-,20+,21-/m0/s1. The van der Waals surface area contributed by atoms with Crippen molar-refractivity contribution >= 4 is 40.5 Å². The van der Waals surface area contributed by atoms with Crippen molar-refractivity contribution in [1.29, 1.82) is 0 Å². The largest absolute Gasteiger partial charge is 0.273 e. The number of nitro benzene ring substituents is 1. The Bertz CT molecular complexity index is 1240. The minimum absolute atomic E-state index is 0.135. The highest BCUT2D eigenvalue weighted by Gasteiger charge is 2.60. The summed E-state index contributed by atoms with van der Waals surface area (Å²) in [6, 6.07) is 20.7. The van der Waals surface area contributed by atoms with E-state index in [0.29, 0.717) is 22.0 Å². The second-order valence-corrected chi connectivity index (χ2v) is 7.88. The summed E-state index contributed by atoms with van der Waals surface area (Å²) in [5, 5.41) is 13.1. The molecule has 0 saturated carbocycles. The number of para-hydroxylation sites is 1. The first-order chi connectivity index (χ1) is 15.5. The first-order valence-corrected chi connectivity index (χ1v) is 10.2.